The van der Waals surface area contributed by atoms with E-state index in [9.17, 15) is 0 Å². The molecule has 0 saturated heterocycles. The van der Waals surface area contributed by atoms with Crippen LogP contribution in [0.2, 0.25) is 10.0 Å². The Bertz CT molecular complexity index is 858. The summed E-state index contributed by atoms with van der Waals surface area (Å²) in [6.45, 7) is 0.666. The molecule has 2 aromatic carbocycles. The number of hydrogen-bond acceptors (Lipinski definition) is 2. The molecule has 0 aliphatic carbocycles. The Morgan fingerprint density at radius 2 is 1.83 bits per heavy atom. The minimum atomic E-state index is 0.618. The van der Waals surface area contributed by atoms with E-state index in [2.05, 4.69) is 15.6 Å². The maximum atomic E-state index is 9.00. The number of nitrogens with zero attached hydrogens (tertiary/aromatic N) is 3. The van der Waals surface area contributed by atoms with Crippen LogP contribution in [0.1, 0.15) is 22.5 Å². The highest BCUT2D eigenvalue weighted by molar-refractivity contribution is 6.34. The van der Waals surface area contributed by atoms with Crippen LogP contribution < -0.4 is 0 Å². The van der Waals surface area contributed by atoms with E-state index >= 15 is 0 Å². The van der Waals surface area contributed by atoms with Gasteiger partial charge in [-0.2, -0.15) is 5.26 Å². The first-order chi connectivity index (χ1) is 11.1. The van der Waals surface area contributed by atoms with Gasteiger partial charge in [0.1, 0.15) is 5.82 Å². The molecule has 0 bridgehead atoms. The van der Waals surface area contributed by atoms with Gasteiger partial charge in [-0.1, -0.05) is 35.3 Å². The van der Waals surface area contributed by atoms with Crippen LogP contribution in [-0.4, -0.2) is 9.55 Å². The van der Waals surface area contributed by atoms with Crippen molar-refractivity contribution in [2.45, 2.75) is 13.0 Å². The van der Waals surface area contributed by atoms with Crippen LogP contribution in [0.15, 0.2) is 54.9 Å². The molecule has 3 aromatic rings. The van der Waals surface area contributed by atoms with Crippen LogP contribution in [0.25, 0.3) is 0 Å². The summed E-state index contributed by atoms with van der Waals surface area (Å²) in [5.41, 5.74) is 2.74. The van der Waals surface area contributed by atoms with Gasteiger partial charge in [0.05, 0.1) is 11.6 Å². The average molecular weight is 342 g/mol. The molecule has 0 aliphatic heterocycles. The fourth-order valence-electron chi connectivity index (χ4n) is 2.48. The minimum Gasteiger partial charge on any atom is -0.330 e. The molecule has 0 fully saturated rings. The summed E-state index contributed by atoms with van der Waals surface area (Å²) in [6.07, 6.45) is 4.35. The van der Waals surface area contributed by atoms with Gasteiger partial charge in [0.25, 0.3) is 0 Å². The maximum absolute atomic E-state index is 9.00. The van der Waals surface area contributed by atoms with E-state index < -0.39 is 0 Å². The fourth-order valence-corrected chi connectivity index (χ4v) is 3.05. The highest BCUT2D eigenvalue weighted by atomic mass is 35.5. The van der Waals surface area contributed by atoms with Gasteiger partial charge in [0.2, 0.25) is 0 Å². The van der Waals surface area contributed by atoms with Crippen molar-refractivity contribution in [2.24, 2.45) is 0 Å². The number of nitriles is 1. The van der Waals surface area contributed by atoms with Crippen LogP contribution in [-0.2, 0) is 13.0 Å². The monoisotopic (exact) mass is 341 g/mol. The zero-order valence-corrected chi connectivity index (χ0v) is 13.7. The van der Waals surface area contributed by atoms with Crippen molar-refractivity contribution in [1.82, 2.24) is 9.55 Å². The van der Waals surface area contributed by atoms with Gasteiger partial charge in [0, 0.05) is 35.4 Å². The summed E-state index contributed by atoms with van der Waals surface area (Å²) in [5.74, 6) is 0.922. The first-order valence-electron chi connectivity index (χ1n) is 7.08. The van der Waals surface area contributed by atoms with Crippen molar-refractivity contribution in [3.63, 3.8) is 0 Å². The highest BCUT2D eigenvalue weighted by Crippen LogP contribution is 2.21. The second-order valence-corrected chi connectivity index (χ2v) is 6.11. The maximum Gasteiger partial charge on any atom is 0.113 e. The summed E-state index contributed by atoms with van der Waals surface area (Å²) in [5, 5.41) is 10.2. The molecule has 3 rings (SSSR count). The van der Waals surface area contributed by atoms with Gasteiger partial charge in [-0.05, 0) is 41.5 Å². The molecule has 5 heteroatoms. The largest absolute Gasteiger partial charge is 0.330 e. The Morgan fingerprint density at radius 1 is 1.04 bits per heavy atom. The first-order valence-corrected chi connectivity index (χ1v) is 7.83. The van der Waals surface area contributed by atoms with Gasteiger partial charge >= 0.3 is 0 Å². The van der Waals surface area contributed by atoms with Crippen LogP contribution in [0.4, 0.5) is 0 Å². The lowest BCUT2D eigenvalue weighted by atomic mass is 10.1. The normalized spacial score (nSPS) is 10.5. The molecule has 0 saturated carbocycles. The third-order valence-corrected chi connectivity index (χ3v) is 3.93. The lowest BCUT2D eigenvalue weighted by Gasteiger charge is -2.09. The molecule has 0 atom stereocenters. The van der Waals surface area contributed by atoms with Crippen LogP contribution in [0.3, 0.4) is 0 Å². The molecule has 0 spiro atoms. The molecular weight excluding hydrogens is 329 g/mol. The fraction of sp³-hybridized carbons (Fsp3) is 0.111. The summed E-state index contributed by atoms with van der Waals surface area (Å²) in [7, 11) is 0. The molecule has 114 valence electrons. The molecule has 1 aromatic heterocycles. The van der Waals surface area contributed by atoms with Gasteiger partial charge in [-0.15, -0.1) is 0 Å². The lowest BCUT2D eigenvalue weighted by molar-refractivity contribution is 0.740. The zero-order valence-electron chi connectivity index (χ0n) is 12.2. The van der Waals surface area contributed by atoms with Crippen molar-refractivity contribution in [3.8, 4) is 6.07 Å². The SMILES string of the molecule is N#Cc1cccc(Cn2ccnc2Cc2cc(Cl)cc(Cl)c2)c1. The molecule has 3 nitrogen and oxygen atoms in total. The van der Waals surface area contributed by atoms with Gasteiger partial charge in [-0.25, -0.2) is 4.98 Å². The Labute approximate surface area is 144 Å². The third-order valence-electron chi connectivity index (χ3n) is 3.50. The van der Waals surface area contributed by atoms with Crippen molar-refractivity contribution in [1.29, 1.82) is 5.26 Å². The number of benzene rings is 2. The van der Waals surface area contributed by atoms with E-state index in [0.717, 1.165) is 17.0 Å². The summed E-state index contributed by atoms with van der Waals surface area (Å²) in [4.78, 5) is 4.42. The topological polar surface area (TPSA) is 41.6 Å². The molecule has 0 amide bonds. The van der Waals surface area contributed by atoms with Crippen molar-refractivity contribution in [3.05, 3.63) is 87.4 Å². The Hall–Kier alpha value is -2.28. The summed E-state index contributed by atoms with van der Waals surface area (Å²) >= 11 is 12.1. The molecule has 0 radical (unpaired) electrons. The van der Waals surface area contributed by atoms with Gasteiger partial charge in [-0.3, -0.25) is 0 Å². The predicted molar refractivity (Wildman–Crippen MR) is 91.8 cm³/mol. The van der Waals surface area contributed by atoms with E-state index in [4.69, 9.17) is 28.5 Å². The van der Waals surface area contributed by atoms with Gasteiger partial charge < -0.3 is 4.57 Å². The number of hydrogen-bond donors (Lipinski definition) is 0. The van der Waals surface area contributed by atoms with Crippen molar-refractivity contribution in [2.75, 3.05) is 0 Å². The quantitative estimate of drug-likeness (QED) is 0.690. The zero-order chi connectivity index (χ0) is 16.2. The Balaban J connectivity index is 1.83. The summed E-state index contributed by atoms with van der Waals surface area (Å²) < 4.78 is 2.06. The molecule has 0 aliphatic rings. The van der Waals surface area contributed by atoms with E-state index in [1.54, 1.807) is 18.3 Å². The molecule has 23 heavy (non-hydrogen) atoms. The molecule has 0 unspecified atom stereocenters. The second kappa shape index (κ2) is 6.87. The summed E-state index contributed by atoms with van der Waals surface area (Å²) in [6, 6.07) is 15.2. The second-order valence-electron chi connectivity index (χ2n) is 5.24. The van der Waals surface area contributed by atoms with E-state index in [0.29, 0.717) is 28.6 Å². The molecule has 1 heterocycles. The van der Waals surface area contributed by atoms with Crippen LogP contribution >= 0.6 is 23.2 Å². The smallest absolute Gasteiger partial charge is 0.113 e. The average Bonchev–Trinajstić information content (AvgIpc) is 2.93. The third kappa shape index (κ3) is 3.92. The predicted octanol–water partition coefficient (Wildman–Crippen LogP) is 4.70. The van der Waals surface area contributed by atoms with E-state index in [-0.39, 0.29) is 0 Å². The van der Waals surface area contributed by atoms with E-state index in [1.165, 1.54) is 0 Å². The van der Waals surface area contributed by atoms with E-state index in [1.807, 2.05) is 36.5 Å². The first kappa shape index (κ1) is 15.6. The standard InChI is InChI=1S/C18H13Cl2N3/c19-16-7-15(8-17(20)10-16)9-18-22-4-5-23(18)12-14-3-1-2-13(6-14)11-21/h1-8,10H,9,12H2. The van der Waals surface area contributed by atoms with Crippen LogP contribution in [0.5, 0.6) is 0 Å². The lowest BCUT2D eigenvalue weighted by Crippen LogP contribution is -2.05. The van der Waals surface area contributed by atoms with Crippen LogP contribution in [0, 0.1) is 11.3 Å². The minimum absolute atomic E-state index is 0.618. The molecule has 0 N–H and O–H groups in total. The number of halogens is 2. The Morgan fingerprint density at radius 3 is 2.57 bits per heavy atom. The van der Waals surface area contributed by atoms with Gasteiger partial charge in [0.15, 0.2) is 0 Å². The van der Waals surface area contributed by atoms with Crippen molar-refractivity contribution >= 4 is 23.2 Å². The Kier molecular flexibility index (Phi) is 4.66. The number of imidazole rings is 1. The highest BCUT2D eigenvalue weighted by Gasteiger charge is 2.07. The van der Waals surface area contributed by atoms with Crippen molar-refractivity contribution < 1.29 is 0 Å². The molecular formula is C18H13Cl2N3. The number of rotatable bonds is 4. The number of aromatic nitrogens is 2.